The van der Waals surface area contributed by atoms with E-state index >= 15 is 0 Å². The Kier molecular flexibility index (Phi) is 4.86. The van der Waals surface area contributed by atoms with Crippen LogP contribution in [0.15, 0.2) is 18.2 Å². The number of alkyl halides is 1. The first-order valence-electron chi connectivity index (χ1n) is 6.82. The summed E-state index contributed by atoms with van der Waals surface area (Å²) in [6.07, 6.45) is 5.04. The van der Waals surface area contributed by atoms with E-state index in [-0.39, 0.29) is 17.2 Å². The molecule has 0 aromatic heterocycles. The zero-order valence-electron chi connectivity index (χ0n) is 11.5. The van der Waals surface area contributed by atoms with Crippen LogP contribution in [0.25, 0.3) is 0 Å². The topological polar surface area (TPSA) is 38.3 Å². The van der Waals surface area contributed by atoms with Gasteiger partial charge in [0.2, 0.25) is 0 Å². The Morgan fingerprint density at radius 2 is 2.10 bits per heavy atom. The zero-order valence-corrected chi connectivity index (χ0v) is 12.3. The predicted molar refractivity (Wildman–Crippen MR) is 77.0 cm³/mol. The molecule has 0 spiro atoms. The molecule has 0 atom stereocenters. The van der Waals surface area contributed by atoms with Crippen molar-refractivity contribution in [2.24, 2.45) is 0 Å². The van der Waals surface area contributed by atoms with Gasteiger partial charge < -0.3 is 10.1 Å². The maximum atomic E-state index is 13.6. The van der Waals surface area contributed by atoms with E-state index in [1.807, 2.05) is 0 Å². The summed E-state index contributed by atoms with van der Waals surface area (Å²) in [5, 5.41) is 2.98. The molecule has 0 heterocycles. The van der Waals surface area contributed by atoms with Gasteiger partial charge in [-0.1, -0.05) is 19.3 Å². The maximum Gasteiger partial charge on any atom is 0.251 e. The summed E-state index contributed by atoms with van der Waals surface area (Å²) < 4.78 is 18.5. The summed E-state index contributed by atoms with van der Waals surface area (Å²) in [5.74, 6) is -0.304. The normalized spacial score (nSPS) is 17.6. The summed E-state index contributed by atoms with van der Waals surface area (Å²) in [5.41, 5.74) is -0.0637. The average molecular weight is 300 g/mol. The molecule has 0 radical (unpaired) electrons. The van der Waals surface area contributed by atoms with Crippen LogP contribution in [0, 0.1) is 5.82 Å². The fourth-order valence-corrected chi connectivity index (χ4v) is 2.98. The zero-order chi connectivity index (χ0) is 14.6. The van der Waals surface area contributed by atoms with Gasteiger partial charge in [0.15, 0.2) is 11.6 Å². The molecule has 1 amide bonds. The van der Waals surface area contributed by atoms with Crippen molar-refractivity contribution >= 4 is 17.5 Å². The van der Waals surface area contributed by atoms with Crippen molar-refractivity contribution in [2.75, 3.05) is 13.0 Å². The number of rotatable bonds is 4. The van der Waals surface area contributed by atoms with Crippen molar-refractivity contribution in [1.29, 1.82) is 0 Å². The van der Waals surface area contributed by atoms with E-state index < -0.39 is 5.82 Å². The molecule has 3 nitrogen and oxygen atoms in total. The van der Waals surface area contributed by atoms with Gasteiger partial charge in [0.05, 0.1) is 12.6 Å². The Bertz CT molecular complexity index is 487. The van der Waals surface area contributed by atoms with Crippen LogP contribution in [0.5, 0.6) is 5.75 Å². The highest BCUT2D eigenvalue weighted by molar-refractivity contribution is 6.19. The van der Waals surface area contributed by atoms with Crippen LogP contribution in [0.3, 0.4) is 0 Å². The number of amides is 1. The minimum Gasteiger partial charge on any atom is -0.494 e. The highest BCUT2D eigenvalue weighted by Gasteiger charge is 2.33. The standard InChI is InChI=1S/C15H19ClFNO2/c1-20-13-6-5-11(9-12(13)17)14(19)18-15(10-16)7-3-2-4-8-15/h5-6,9H,2-4,7-8,10H2,1H3,(H,18,19). The molecular weight excluding hydrogens is 281 g/mol. The summed E-state index contributed by atoms with van der Waals surface area (Å²) >= 11 is 6.04. The number of methoxy groups -OCH3 is 1. The molecule has 2 rings (SSSR count). The molecule has 1 aromatic rings. The number of hydrogen-bond donors (Lipinski definition) is 1. The van der Waals surface area contributed by atoms with Crippen molar-refractivity contribution < 1.29 is 13.9 Å². The van der Waals surface area contributed by atoms with Gasteiger partial charge in [-0.05, 0) is 31.0 Å². The molecule has 5 heteroatoms. The first-order chi connectivity index (χ1) is 9.60. The number of halogens is 2. The number of hydrogen-bond acceptors (Lipinski definition) is 2. The molecule has 0 bridgehead atoms. The molecule has 1 aromatic carbocycles. The Morgan fingerprint density at radius 1 is 1.40 bits per heavy atom. The molecule has 1 N–H and O–H groups in total. The highest BCUT2D eigenvalue weighted by atomic mass is 35.5. The lowest BCUT2D eigenvalue weighted by molar-refractivity contribution is 0.0884. The van der Waals surface area contributed by atoms with Crippen molar-refractivity contribution in [2.45, 2.75) is 37.6 Å². The number of carbonyl (C=O) groups is 1. The number of benzene rings is 1. The molecule has 1 aliphatic rings. The Morgan fingerprint density at radius 3 is 2.65 bits per heavy atom. The van der Waals surface area contributed by atoms with Gasteiger partial charge in [0.25, 0.3) is 5.91 Å². The van der Waals surface area contributed by atoms with Gasteiger partial charge in [-0.25, -0.2) is 4.39 Å². The van der Waals surface area contributed by atoms with Crippen LogP contribution >= 0.6 is 11.6 Å². The highest BCUT2D eigenvalue weighted by Crippen LogP contribution is 2.30. The lowest BCUT2D eigenvalue weighted by atomic mass is 9.83. The third-order valence-electron chi connectivity index (χ3n) is 3.86. The van der Waals surface area contributed by atoms with Gasteiger partial charge in [-0.3, -0.25) is 4.79 Å². The fraction of sp³-hybridized carbons (Fsp3) is 0.533. The molecular formula is C15H19ClFNO2. The molecule has 20 heavy (non-hydrogen) atoms. The van der Waals surface area contributed by atoms with Crippen molar-refractivity contribution in [3.05, 3.63) is 29.6 Å². The molecule has 1 saturated carbocycles. The summed E-state index contributed by atoms with van der Waals surface area (Å²) in [6, 6.07) is 4.21. The van der Waals surface area contributed by atoms with Crippen LogP contribution in [-0.2, 0) is 0 Å². The maximum absolute atomic E-state index is 13.6. The van der Waals surface area contributed by atoms with Crippen LogP contribution < -0.4 is 10.1 Å². The molecule has 0 aliphatic heterocycles. The second-order valence-electron chi connectivity index (χ2n) is 5.28. The van der Waals surface area contributed by atoms with E-state index in [0.717, 1.165) is 25.7 Å². The van der Waals surface area contributed by atoms with E-state index in [1.54, 1.807) is 6.07 Å². The smallest absolute Gasteiger partial charge is 0.251 e. The van der Waals surface area contributed by atoms with E-state index in [4.69, 9.17) is 16.3 Å². The lowest BCUT2D eigenvalue weighted by Gasteiger charge is -2.36. The van der Waals surface area contributed by atoms with E-state index in [2.05, 4.69) is 5.32 Å². The molecule has 0 unspecified atom stereocenters. The molecule has 0 saturated heterocycles. The quantitative estimate of drug-likeness (QED) is 0.864. The van der Waals surface area contributed by atoms with E-state index in [1.165, 1.54) is 25.7 Å². The average Bonchev–Trinajstić information content (AvgIpc) is 2.48. The van der Waals surface area contributed by atoms with Crippen LogP contribution in [0.1, 0.15) is 42.5 Å². The first kappa shape index (κ1) is 15.1. The number of ether oxygens (including phenoxy) is 1. The Balaban J connectivity index is 2.12. The van der Waals surface area contributed by atoms with Gasteiger partial charge in [0.1, 0.15) is 0 Å². The van der Waals surface area contributed by atoms with Crippen molar-refractivity contribution in [3.8, 4) is 5.75 Å². The van der Waals surface area contributed by atoms with Crippen molar-refractivity contribution in [3.63, 3.8) is 0 Å². The summed E-state index contributed by atoms with van der Waals surface area (Å²) in [7, 11) is 1.39. The number of nitrogens with one attached hydrogen (secondary N) is 1. The van der Waals surface area contributed by atoms with Crippen LogP contribution in [0.4, 0.5) is 4.39 Å². The SMILES string of the molecule is COc1ccc(C(=O)NC2(CCl)CCCCC2)cc1F. The minimum absolute atomic E-state index is 0.131. The van der Waals surface area contributed by atoms with E-state index in [0.29, 0.717) is 11.4 Å². The van der Waals surface area contributed by atoms with Crippen LogP contribution in [0.2, 0.25) is 0 Å². The fourth-order valence-electron chi connectivity index (χ4n) is 2.64. The first-order valence-corrected chi connectivity index (χ1v) is 7.36. The van der Waals surface area contributed by atoms with Crippen LogP contribution in [-0.4, -0.2) is 24.4 Å². The molecule has 1 aliphatic carbocycles. The second kappa shape index (κ2) is 6.44. The minimum atomic E-state index is -0.538. The molecule has 1 fully saturated rings. The van der Waals surface area contributed by atoms with Gasteiger partial charge in [-0.15, -0.1) is 11.6 Å². The van der Waals surface area contributed by atoms with Gasteiger partial charge >= 0.3 is 0 Å². The predicted octanol–water partition coefficient (Wildman–Crippen LogP) is 3.51. The molecule has 110 valence electrons. The largest absolute Gasteiger partial charge is 0.494 e. The Labute approximate surface area is 123 Å². The summed E-state index contributed by atoms with van der Waals surface area (Å²) in [6.45, 7) is 0. The number of carbonyl (C=O) groups excluding carboxylic acids is 1. The summed E-state index contributed by atoms with van der Waals surface area (Å²) in [4.78, 5) is 12.3. The third kappa shape index (κ3) is 3.23. The lowest BCUT2D eigenvalue weighted by Crippen LogP contribution is -2.51. The van der Waals surface area contributed by atoms with E-state index in [9.17, 15) is 9.18 Å². The third-order valence-corrected chi connectivity index (χ3v) is 4.37. The van der Waals surface area contributed by atoms with Crippen molar-refractivity contribution in [1.82, 2.24) is 5.32 Å². The van der Waals surface area contributed by atoms with Gasteiger partial charge in [0, 0.05) is 11.4 Å². The van der Waals surface area contributed by atoms with Gasteiger partial charge in [-0.2, -0.15) is 0 Å². The Hall–Kier alpha value is -1.29. The second-order valence-corrected chi connectivity index (χ2v) is 5.55. The monoisotopic (exact) mass is 299 g/mol.